The summed E-state index contributed by atoms with van der Waals surface area (Å²) in [5.41, 5.74) is 4.82. The summed E-state index contributed by atoms with van der Waals surface area (Å²) in [5, 5.41) is 0. The number of aromatic nitrogens is 1. The summed E-state index contributed by atoms with van der Waals surface area (Å²) in [6.45, 7) is 2.14. The van der Waals surface area contributed by atoms with E-state index < -0.39 is 5.41 Å². The van der Waals surface area contributed by atoms with Gasteiger partial charge in [-0.05, 0) is 34.4 Å². The molecule has 1 fully saturated rings. The minimum atomic E-state index is -0.513. The second-order valence-corrected chi connectivity index (χ2v) is 8.08. The van der Waals surface area contributed by atoms with Crippen LogP contribution in [0.5, 0.6) is 0 Å². The first-order chi connectivity index (χ1) is 13.6. The standard InChI is InChI=1S/C24H18N2O2/c1-24-17-8-4-2-6-15(17)19(16-7-3-5-9-18(16)24)20-21(24)23(28)26(22(20)27)14-10-12-25-13-11-14/h2-13,19-21H,1H3/t19?,20-,21-,24?/m0/s1. The van der Waals surface area contributed by atoms with E-state index in [1.165, 1.54) is 27.2 Å². The largest absolute Gasteiger partial charge is 0.274 e. The first-order valence-electron chi connectivity index (χ1n) is 9.60. The Bertz CT molecular complexity index is 1110. The SMILES string of the molecule is CC12c3ccccc3C(c3ccccc31)[C@@H]1C(=O)N(c3ccncc3)C(=O)[C@H]12. The van der Waals surface area contributed by atoms with Crippen molar-refractivity contribution in [3.8, 4) is 0 Å². The molecule has 2 heterocycles. The predicted octanol–water partition coefficient (Wildman–Crippen LogP) is 3.65. The number of imide groups is 1. The van der Waals surface area contributed by atoms with E-state index in [0.29, 0.717) is 5.69 Å². The van der Waals surface area contributed by atoms with Gasteiger partial charge in [-0.1, -0.05) is 55.5 Å². The molecular formula is C24H18N2O2. The molecule has 136 valence electrons. The van der Waals surface area contributed by atoms with Gasteiger partial charge >= 0.3 is 0 Å². The fraction of sp³-hybridized carbons (Fsp3) is 0.208. The predicted molar refractivity (Wildman–Crippen MR) is 105 cm³/mol. The molecule has 3 aliphatic carbocycles. The smallest absolute Gasteiger partial charge is 0.238 e. The minimum Gasteiger partial charge on any atom is -0.274 e. The van der Waals surface area contributed by atoms with Crippen molar-refractivity contribution < 1.29 is 9.59 Å². The number of anilines is 1. The average Bonchev–Trinajstić information content (AvgIpc) is 3.01. The summed E-state index contributed by atoms with van der Waals surface area (Å²) < 4.78 is 0. The monoisotopic (exact) mass is 366 g/mol. The van der Waals surface area contributed by atoms with Crippen LogP contribution in [-0.2, 0) is 15.0 Å². The Balaban J connectivity index is 1.64. The van der Waals surface area contributed by atoms with Gasteiger partial charge in [0, 0.05) is 23.7 Å². The maximum Gasteiger partial charge on any atom is 0.238 e. The molecule has 0 unspecified atom stereocenters. The van der Waals surface area contributed by atoms with Crippen LogP contribution in [0, 0.1) is 11.8 Å². The number of hydrogen-bond donors (Lipinski definition) is 0. The van der Waals surface area contributed by atoms with Gasteiger partial charge in [-0.15, -0.1) is 0 Å². The van der Waals surface area contributed by atoms with E-state index in [1.54, 1.807) is 24.5 Å². The lowest BCUT2D eigenvalue weighted by molar-refractivity contribution is -0.123. The molecule has 1 saturated heterocycles. The van der Waals surface area contributed by atoms with Crippen molar-refractivity contribution in [3.05, 3.63) is 95.3 Å². The summed E-state index contributed by atoms with van der Waals surface area (Å²) in [4.78, 5) is 32.7. The van der Waals surface area contributed by atoms with Crippen molar-refractivity contribution in [3.63, 3.8) is 0 Å². The Morgan fingerprint density at radius 2 is 1.39 bits per heavy atom. The fourth-order valence-corrected chi connectivity index (χ4v) is 5.90. The number of rotatable bonds is 1. The van der Waals surface area contributed by atoms with Gasteiger partial charge in [0.2, 0.25) is 11.8 Å². The topological polar surface area (TPSA) is 50.3 Å². The summed E-state index contributed by atoms with van der Waals surface area (Å²) >= 11 is 0. The van der Waals surface area contributed by atoms with Gasteiger partial charge in [-0.2, -0.15) is 0 Å². The van der Waals surface area contributed by atoms with E-state index >= 15 is 0 Å². The summed E-state index contributed by atoms with van der Waals surface area (Å²) in [6, 6.07) is 20.1. The molecule has 0 saturated carbocycles. The quantitative estimate of drug-likeness (QED) is 0.618. The van der Waals surface area contributed by atoms with Crippen molar-refractivity contribution >= 4 is 17.5 Å². The molecule has 2 aromatic carbocycles. The van der Waals surface area contributed by atoms with Crippen molar-refractivity contribution in [2.45, 2.75) is 18.3 Å². The molecule has 4 heteroatoms. The highest BCUT2D eigenvalue weighted by Crippen LogP contribution is 2.64. The zero-order valence-electron chi connectivity index (χ0n) is 15.4. The molecule has 0 radical (unpaired) electrons. The number of carbonyl (C=O) groups excluding carboxylic acids is 2. The van der Waals surface area contributed by atoms with E-state index in [-0.39, 0.29) is 29.6 Å². The Hall–Kier alpha value is -3.27. The van der Waals surface area contributed by atoms with Crippen LogP contribution in [0.2, 0.25) is 0 Å². The lowest BCUT2D eigenvalue weighted by Crippen LogP contribution is -2.51. The number of nitrogens with zero attached hydrogens (tertiary/aromatic N) is 2. The lowest BCUT2D eigenvalue weighted by atomic mass is 9.48. The van der Waals surface area contributed by atoms with Gasteiger partial charge in [0.25, 0.3) is 0 Å². The van der Waals surface area contributed by atoms with Crippen LogP contribution in [0.15, 0.2) is 73.1 Å². The van der Waals surface area contributed by atoms with Crippen LogP contribution in [-0.4, -0.2) is 16.8 Å². The zero-order valence-corrected chi connectivity index (χ0v) is 15.4. The highest BCUT2D eigenvalue weighted by atomic mass is 16.2. The summed E-state index contributed by atoms with van der Waals surface area (Å²) in [6.07, 6.45) is 3.25. The van der Waals surface area contributed by atoms with Gasteiger partial charge < -0.3 is 0 Å². The minimum absolute atomic E-state index is 0.0810. The second kappa shape index (κ2) is 5.16. The molecule has 3 aromatic rings. The van der Waals surface area contributed by atoms with Crippen LogP contribution in [0.3, 0.4) is 0 Å². The molecule has 0 spiro atoms. The van der Waals surface area contributed by atoms with Crippen molar-refractivity contribution in [2.75, 3.05) is 4.90 Å². The molecule has 1 aliphatic heterocycles. The van der Waals surface area contributed by atoms with Crippen molar-refractivity contribution in [2.24, 2.45) is 11.8 Å². The van der Waals surface area contributed by atoms with Gasteiger partial charge in [-0.25, -0.2) is 4.90 Å². The Morgan fingerprint density at radius 3 is 2.00 bits per heavy atom. The molecule has 4 aliphatic rings. The van der Waals surface area contributed by atoms with Crippen LogP contribution in [0.25, 0.3) is 0 Å². The highest BCUT2D eigenvalue weighted by Gasteiger charge is 2.66. The molecule has 0 N–H and O–H groups in total. The number of amides is 2. The maximum absolute atomic E-state index is 13.6. The Labute approximate surface area is 162 Å². The Kier molecular flexibility index (Phi) is 2.91. The zero-order chi connectivity index (χ0) is 19.0. The number of carbonyl (C=O) groups is 2. The molecule has 7 rings (SSSR count). The van der Waals surface area contributed by atoms with Gasteiger partial charge in [0.1, 0.15) is 0 Å². The third kappa shape index (κ3) is 1.65. The fourth-order valence-electron chi connectivity index (χ4n) is 5.90. The van der Waals surface area contributed by atoms with Crippen LogP contribution in [0.4, 0.5) is 5.69 Å². The average molecular weight is 366 g/mol. The van der Waals surface area contributed by atoms with Crippen molar-refractivity contribution in [1.82, 2.24) is 4.98 Å². The summed E-state index contributed by atoms with van der Waals surface area (Å²) in [5.74, 6) is -1.03. The lowest BCUT2D eigenvalue weighted by Gasteiger charge is -2.52. The van der Waals surface area contributed by atoms with E-state index in [4.69, 9.17) is 0 Å². The normalized spacial score (nSPS) is 29.5. The molecule has 2 atom stereocenters. The maximum atomic E-state index is 13.6. The molecule has 1 aromatic heterocycles. The molecule has 2 amide bonds. The third-order valence-electron chi connectivity index (χ3n) is 6.96. The highest BCUT2D eigenvalue weighted by molar-refractivity contribution is 6.23. The van der Waals surface area contributed by atoms with Crippen LogP contribution < -0.4 is 4.90 Å². The molecular weight excluding hydrogens is 348 g/mol. The Morgan fingerprint density at radius 1 is 0.821 bits per heavy atom. The second-order valence-electron chi connectivity index (χ2n) is 8.08. The number of pyridine rings is 1. The first-order valence-corrected chi connectivity index (χ1v) is 9.60. The first kappa shape index (κ1) is 15.8. The van der Waals surface area contributed by atoms with E-state index in [1.807, 2.05) is 24.3 Å². The number of hydrogen-bond acceptors (Lipinski definition) is 3. The van der Waals surface area contributed by atoms with Gasteiger partial charge in [0.15, 0.2) is 0 Å². The number of benzene rings is 2. The van der Waals surface area contributed by atoms with Gasteiger partial charge in [0.05, 0.1) is 17.5 Å². The van der Waals surface area contributed by atoms with Crippen LogP contribution >= 0.6 is 0 Å². The van der Waals surface area contributed by atoms with Crippen molar-refractivity contribution in [1.29, 1.82) is 0 Å². The molecule has 4 nitrogen and oxygen atoms in total. The third-order valence-corrected chi connectivity index (χ3v) is 6.96. The van der Waals surface area contributed by atoms with Crippen LogP contribution in [0.1, 0.15) is 35.1 Å². The van der Waals surface area contributed by atoms with E-state index in [2.05, 4.69) is 36.2 Å². The van der Waals surface area contributed by atoms with E-state index in [9.17, 15) is 9.59 Å². The van der Waals surface area contributed by atoms with E-state index in [0.717, 1.165) is 0 Å². The van der Waals surface area contributed by atoms with Gasteiger partial charge in [-0.3, -0.25) is 14.6 Å². The molecule has 28 heavy (non-hydrogen) atoms. The molecule has 2 bridgehead atoms. The summed E-state index contributed by atoms with van der Waals surface area (Å²) in [7, 11) is 0.